The van der Waals surface area contributed by atoms with Crippen molar-refractivity contribution in [1.29, 1.82) is 0 Å². The van der Waals surface area contributed by atoms with Gasteiger partial charge in [0.05, 0.1) is 11.9 Å². The van der Waals surface area contributed by atoms with Crippen LogP contribution in [0.15, 0.2) is 23.1 Å². The summed E-state index contributed by atoms with van der Waals surface area (Å²) in [5.41, 5.74) is 8.06. The van der Waals surface area contributed by atoms with Crippen LogP contribution in [0.5, 0.6) is 0 Å². The first-order valence-electron chi connectivity index (χ1n) is 5.73. The predicted octanol–water partition coefficient (Wildman–Crippen LogP) is 1.23. The van der Waals surface area contributed by atoms with Gasteiger partial charge in [-0.15, -0.1) is 11.8 Å². The third kappa shape index (κ3) is 2.73. The van der Waals surface area contributed by atoms with Gasteiger partial charge >= 0.3 is 6.92 Å². The maximum absolute atomic E-state index is 11.0. The molecule has 0 bridgehead atoms. The Morgan fingerprint density at radius 2 is 2.35 bits per heavy atom. The number of fused-ring (bicyclic) bond motifs is 1. The standard InChI is InChI=1S/C12H16BNO2S/c1-8(15)7-17-9-3-4-10-11(5-9)13(2)16-12(10)6-14/h3-5,12H,6-7,14H2,1-2H3. The Morgan fingerprint density at radius 3 is 3.00 bits per heavy atom. The molecule has 0 saturated carbocycles. The lowest BCUT2D eigenvalue weighted by Gasteiger charge is -2.09. The lowest BCUT2D eigenvalue weighted by molar-refractivity contribution is -0.114. The van der Waals surface area contributed by atoms with Gasteiger partial charge in [-0.25, -0.2) is 0 Å². The second-order valence-electron chi connectivity index (χ2n) is 4.28. The molecular formula is C12H16BNO2S. The van der Waals surface area contributed by atoms with Crippen LogP contribution in [-0.2, 0) is 9.45 Å². The van der Waals surface area contributed by atoms with Gasteiger partial charge in [0.2, 0.25) is 0 Å². The monoisotopic (exact) mass is 249 g/mol. The molecule has 1 aromatic rings. The van der Waals surface area contributed by atoms with Crippen molar-refractivity contribution >= 4 is 29.9 Å². The molecule has 1 heterocycles. The van der Waals surface area contributed by atoms with E-state index in [4.69, 9.17) is 10.4 Å². The van der Waals surface area contributed by atoms with Crippen LogP contribution in [0.1, 0.15) is 18.6 Å². The summed E-state index contributed by atoms with van der Waals surface area (Å²) < 4.78 is 5.76. The van der Waals surface area contributed by atoms with Crippen LogP contribution in [-0.4, -0.2) is 25.0 Å². The second kappa shape index (κ2) is 5.25. The average Bonchev–Trinajstić information content (AvgIpc) is 2.63. The van der Waals surface area contributed by atoms with Gasteiger partial charge in [0.1, 0.15) is 5.78 Å². The van der Waals surface area contributed by atoms with Crippen LogP contribution in [0.25, 0.3) is 0 Å². The smallest absolute Gasteiger partial charge is 0.324 e. The van der Waals surface area contributed by atoms with Crippen molar-refractivity contribution in [2.45, 2.75) is 24.7 Å². The molecule has 0 fully saturated rings. The highest BCUT2D eigenvalue weighted by Gasteiger charge is 2.30. The van der Waals surface area contributed by atoms with Crippen LogP contribution in [0, 0.1) is 0 Å². The lowest BCUT2D eigenvalue weighted by Crippen LogP contribution is -2.24. The van der Waals surface area contributed by atoms with Crippen LogP contribution in [0.4, 0.5) is 0 Å². The molecule has 90 valence electrons. The number of rotatable bonds is 4. The number of benzene rings is 1. The van der Waals surface area contributed by atoms with E-state index in [9.17, 15) is 4.79 Å². The van der Waals surface area contributed by atoms with Crippen LogP contribution in [0.3, 0.4) is 0 Å². The van der Waals surface area contributed by atoms with Crippen molar-refractivity contribution in [3.05, 3.63) is 23.8 Å². The molecule has 3 nitrogen and oxygen atoms in total. The minimum atomic E-state index is 0.0202. The van der Waals surface area contributed by atoms with Gasteiger partial charge in [0, 0.05) is 11.4 Å². The summed E-state index contributed by atoms with van der Waals surface area (Å²) in [4.78, 5) is 12.1. The molecule has 2 rings (SSSR count). The molecule has 0 amide bonds. The maximum Gasteiger partial charge on any atom is 0.324 e. The van der Waals surface area contributed by atoms with Crippen molar-refractivity contribution in [2.75, 3.05) is 12.3 Å². The molecule has 0 radical (unpaired) electrons. The normalized spacial score (nSPS) is 18.3. The average molecular weight is 249 g/mol. The molecular weight excluding hydrogens is 233 g/mol. The highest BCUT2D eigenvalue weighted by Crippen LogP contribution is 2.26. The van der Waals surface area contributed by atoms with E-state index in [-0.39, 0.29) is 18.8 Å². The first-order chi connectivity index (χ1) is 8.11. The fourth-order valence-corrected chi connectivity index (χ4v) is 2.79. The molecule has 0 spiro atoms. The molecule has 0 aliphatic carbocycles. The summed E-state index contributed by atoms with van der Waals surface area (Å²) in [6.45, 7) is 4.25. The number of carbonyl (C=O) groups is 1. The fraction of sp³-hybridized carbons (Fsp3) is 0.417. The lowest BCUT2D eigenvalue weighted by atomic mass is 9.64. The first kappa shape index (κ1) is 12.7. The van der Waals surface area contributed by atoms with Gasteiger partial charge in [0.15, 0.2) is 0 Å². The molecule has 0 aromatic heterocycles. The summed E-state index contributed by atoms with van der Waals surface area (Å²) in [7, 11) is 0. The zero-order valence-electron chi connectivity index (χ0n) is 10.1. The predicted molar refractivity (Wildman–Crippen MR) is 72.0 cm³/mol. The Labute approximate surface area is 106 Å². The van der Waals surface area contributed by atoms with E-state index in [0.717, 1.165) is 4.90 Å². The summed E-state index contributed by atoms with van der Waals surface area (Å²) in [6.07, 6.45) is 0.0202. The Balaban J connectivity index is 2.19. The van der Waals surface area contributed by atoms with Crippen LogP contribution < -0.4 is 11.2 Å². The minimum absolute atomic E-state index is 0.0202. The maximum atomic E-state index is 11.0. The molecule has 1 unspecified atom stereocenters. The van der Waals surface area contributed by atoms with E-state index in [1.165, 1.54) is 11.0 Å². The largest absolute Gasteiger partial charge is 0.423 e. The van der Waals surface area contributed by atoms with E-state index >= 15 is 0 Å². The van der Waals surface area contributed by atoms with E-state index in [1.54, 1.807) is 18.7 Å². The van der Waals surface area contributed by atoms with Crippen molar-refractivity contribution in [3.63, 3.8) is 0 Å². The topological polar surface area (TPSA) is 52.3 Å². The zero-order chi connectivity index (χ0) is 12.4. The Hall–Kier alpha value is -0.775. The Morgan fingerprint density at radius 1 is 1.59 bits per heavy atom. The summed E-state index contributed by atoms with van der Waals surface area (Å²) in [5.74, 6) is 0.716. The molecule has 17 heavy (non-hydrogen) atoms. The second-order valence-corrected chi connectivity index (χ2v) is 5.33. The molecule has 1 atom stereocenters. The third-order valence-electron chi connectivity index (χ3n) is 2.87. The van der Waals surface area contributed by atoms with Gasteiger partial charge in [-0.1, -0.05) is 19.0 Å². The van der Waals surface area contributed by atoms with Crippen LogP contribution >= 0.6 is 11.8 Å². The molecule has 1 aromatic carbocycles. The molecule has 0 saturated heterocycles. The number of hydrogen-bond donors (Lipinski definition) is 1. The highest BCUT2D eigenvalue weighted by atomic mass is 32.2. The van der Waals surface area contributed by atoms with Crippen molar-refractivity contribution in [2.24, 2.45) is 5.73 Å². The van der Waals surface area contributed by atoms with E-state index in [1.807, 2.05) is 12.9 Å². The van der Waals surface area contributed by atoms with Crippen LogP contribution in [0.2, 0.25) is 6.82 Å². The number of hydrogen-bond acceptors (Lipinski definition) is 4. The minimum Gasteiger partial charge on any atom is -0.423 e. The summed E-state index contributed by atoms with van der Waals surface area (Å²) in [6, 6.07) is 6.22. The fourth-order valence-electron chi connectivity index (χ4n) is 2.05. The summed E-state index contributed by atoms with van der Waals surface area (Å²) in [5, 5.41) is 0. The first-order valence-corrected chi connectivity index (χ1v) is 6.72. The molecule has 1 aliphatic rings. The van der Waals surface area contributed by atoms with E-state index in [0.29, 0.717) is 12.3 Å². The summed E-state index contributed by atoms with van der Waals surface area (Å²) >= 11 is 1.57. The highest BCUT2D eigenvalue weighted by molar-refractivity contribution is 8.00. The Kier molecular flexibility index (Phi) is 3.91. The number of thioether (sulfide) groups is 1. The quantitative estimate of drug-likeness (QED) is 0.644. The molecule has 2 N–H and O–H groups in total. The SMILES string of the molecule is CB1OC(CN)c2ccc(SCC(C)=O)cc21. The molecule has 1 aliphatic heterocycles. The van der Waals surface area contributed by atoms with E-state index in [2.05, 4.69) is 12.1 Å². The number of carbonyl (C=O) groups excluding carboxylic acids is 1. The number of ketones is 1. The number of Topliss-reactive ketones (excluding diaryl/α,β-unsaturated/α-hetero) is 1. The van der Waals surface area contributed by atoms with Gasteiger partial charge < -0.3 is 10.4 Å². The van der Waals surface area contributed by atoms with Gasteiger partial charge in [-0.3, -0.25) is 4.79 Å². The van der Waals surface area contributed by atoms with Crippen molar-refractivity contribution in [1.82, 2.24) is 0 Å². The molecule has 5 heteroatoms. The Bertz CT molecular complexity index is 439. The van der Waals surface area contributed by atoms with Gasteiger partial charge in [-0.05, 0) is 24.0 Å². The van der Waals surface area contributed by atoms with Crippen molar-refractivity contribution < 1.29 is 9.45 Å². The van der Waals surface area contributed by atoms with Gasteiger partial charge in [0.25, 0.3) is 0 Å². The van der Waals surface area contributed by atoms with Gasteiger partial charge in [-0.2, -0.15) is 0 Å². The van der Waals surface area contributed by atoms with Crippen molar-refractivity contribution in [3.8, 4) is 0 Å². The zero-order valence-corrected chi connectivity index (χ0v) is 10.9. The third-order valence-corrected chi connectivity index (χ3v) is 4.01. The van der Waals surface area contributed by atoms with E-state index < -0.39 is 0 Å². The number of nitrogens with two attached hydrogens (primary N) is 1.